The molecule has 6 aliphatic heterocycles. The molecule has 5 unspecified atom stereocenters. The van der Waals surface area contributed by atoms with Crippen LogP contribution in [0, 0.1) is 16.5 Å². The van der Waals surface area contributed by atoms with Crippen molar-refractivity contribution in [2.75, 3.05) is 6.54 Å². The van der Waals surface area contributed by atoms with E-state index in [2.05, 4.69) is 19.2 Å². The van der Waals surface area contributed by atoms with Gasteiger partial charge < -0.3 is 25.2 Å². The number of nitrogens with zero attached hydrogens (tertiary/aromatic N) is 1. The third-order valence-corrected chi connectivity index (χ3v) is 9.31. The van der Waals surface area contributed by atoms with Gasteiger partial charge in [-0.1, -0.05) is 13.8 Å². The summed E-state index contributed by atoms with van der Waals surface area (Å²) in [7, 11) is 0. The van der Waals surface area contributed by atoms with Crippen molar-refractivity contribution in [2.45, 2.75) is 69.7 Å². The maximum atomic E-state index is 14.0. The number of piperidine rings is 2. The molecule has 5 atom stereocenters. The Labute approximate surface area is 193 Å². The summed E-state index contributed by atoms with van der Waals surface area (Å²) in [5, 5.41) is 17.3. The van der Waals surface area contributed by atoms with Gasteiger partial charge in [-0.2, -0.15) is 0 Å². The molecule has 1 aromatic rings. The van der Waals surface area contributed by atoms with Crippen molar-refractivity contribution in [1.29, 1.82) is 0 Å². The van der Waals surface area contributed by atoms with Gasteiger partial charge in [-0.05, 0) is 63.5 Å². The van der Waals surface area contributed by atoms with Gasteiger partial charge in [0.05, 0.1) is 5.56 Å². The van der Waals surface area contributed by atoms with E-state index in [1.165, 1.54) is 0 Å². The summed E-state index contributed by atoms with van der Waals surface area (Å²) in [5.41, 5.74) is 0.503. The van der Waals surface area contributed by atoms with Crippen LogP contribution in [0.3, 0.4) is 0 Å². The van der Waals surface area contributed by atoms with Gasteiger partial charge >= 0.3 is 0 Å². The van der Waals surface area contributed by atoms with Crippen LogP contribution in [0.5, 0.6) is 5.75 Å². The van der Waals surface area contributed by atoms with E-state index in [9.17, 15) is 14.8 Å². The Balaban J connectivity index is 1.46. The third-order valence-electron chi connectivity index (χ3n) is 9.31. The number of quaternary nitrogens is 1. The van der Waals surface area contributed by atoms with E-state index in [-0.39, 0.29) is 28.8 Å². The van der Waals surface area contributed by atoms with Crippen molar-refractivity contribution >= 4 is 29.2 Å². The first kappa shape index (κ1) is 19.8. The lowest BCUT2D eigenvalue weighted by molar-refractivity contribution is -0.802. The molecule has 1 aromatic carbocycles. The lowest BCUT2D eigenvalue weighted by atomic mass is 9.51. The number of amides is 2. The maximum Gasteiger partial charge on any atom is 0.253 e. The molecule has 6 heterocycles. The van der Waals surface area contributed by atoms with Gasteiger partial charge in [0.2, 0.25) is 5.91 Å². The highest BCUT2D eigenvalue weighted by Gasteiger charge is 2.74. The van der Waals surface area contributed by atoms with Crippen LogP contribution in [0.1, 0.15) is 58.1 Å². The van der Waals surface area contributed by atoms with Gasteiger partial charge in [-0.3, -0.25) is 9.59 Å². The number of carbonyl (C=O) groups excluding carboxylic acids is 2. The van der Waals surface area contributed by atoms with Gasteiger partial charge in [-0.15, -0.1) is 0 Å². The minimum atomic E-state index is -1.08. The van der Waals surface area contributed by atoms with E-state index < -0.39 is 22.1 Å². The van der Waals surface area contributed by atoms with Crippen LogP contribution in [0.2, 0.25) is 0 Å². The molecule has 0 aromatic heterocycles. The van der Waals surface area contributed by atoms with Crippen LogP contribution in [-0.4, -0.2) is 46.0 Å². The summed E-state index contributed by atoms with van der Waals surface area (Å²) in [6.45, 7) is 8.84. The molecule has 8 rings (SSSR count). The van der Waals surface area contributed by atoms with E-state index in [1.807, 2.05) is 49.1 Å². The number of hydrogen-bond acceptors (Lipinski definition) is 4. The molecule has 2 N–H and O–H groups in total. The first-order valence-electron chi connectivity index (χ1n) is 12.0. The zero-order chi connectivity index (χ0) is 23.1. The fourth-order valence-electron chi connectivity index (χ4n) is 7.83. The van der Waals surface area contributed by atoms with Gasteiger partial charge in [0.25, 0.3) is 5.91 Å². The largest absolute Gasteiger partial charge is 0.628 e. The molecule has 7 aliphatic rings. The molecule has 0 radical (unpaired) electrons. The fourth-order valence-corrected chi connectivity index (χ4v) is 7.83. The second-order valence-electron chi connectivity index (χ2n) is 11.8. The number of carbonyl (C=O) groups is 2. The average molecular weight is 448 g/mol. The molecule has 4 saturated heterocycles. The molecule has 2 amide bonds. The van der Waals surface area contributed by atoms with Crippen molar-refractivity contribution in [3.05, 3.63) is 40.6 Å². The first-order chi connectivity index (χ1) is 15.5. The molecule has 172 valence electrons. The highest BCUT2D eigenvalue weighted by molar-refractivity contribution is 6.08. The fraction of sp³-hybridized carbons (Fsp3) is 0.538. The quantitative estimate of drug-likeness (QED) is 0.596. The van der Waals surface area contributed by atoms with E-state index in [0.717, 1.165) is 23.1 Å². The van der Waals surface area contributed by atoms with Crippen LogP contribution >= 0.6 is 0 Å². The Morgan fingerprint density at radius 3 is 2.79 bits per heavy atom. The van der Waals surface area contributed by atoms with Gasteiger partial charge in [0, 0.05) is 29.0 Å². The molecule has 2 bridgehead atoms. The Morgan fingerprint density at radius 1 is 1.21 bits per heavy atom. The number of rotatable bonds is 0. The Bertz CT molecular complexity index is 1230. The number of piperazine rings is 1. The number of hydrogen-bond donors (Lipinski definition) is 2. The highest BCUT2D eigenvalue weighted by Crippen LogP contribution is 2.60. The lowest BCUT2D eigenvalue weighted by Crippen LogP contribution is -3.08. The summed E-state index contributed by atoms with van der Waals surface area (Å²) in [5.74, 6) is 0.555. The standard InChI is InChI=1S/C26H29N3O4/c1-23(2)10-8-15-17(33-23)7-6-14-16-12-26-18(24(3,4)20(16)29(32)19(14)15)13-25(21(30)27-26)9-5-11-28(25)22(26)31/h6-8,10,12,18,20,29H,5,9,11,13H2,1-4H3,(H,27,30). The number of fused-ring (bicyclic) bond motifs is 6. The summed E-state index contributed by atoms with van der Waals surface area (Å²) in [4.78, 5) is 29.0. The second kappa shape index (κ2) is 5.53. The van der Waals surface area contributed by atoms with Gasteiger partial charge in [0.15, 0.2) is 5.69 Å². The van der Waals surface area contributed by atoms with Crippen molar-refractivity contribution < 1.29 is 19.4 Å². The van der Waals surface area contributed by atoms with Crippen molar-refractivity contribution in [3.8, 4) is 5.75 Å². The smallest absolute Gasteiger partial charge is 0.253 e. The average Bonchev–Trinajstić information content (AvgIpc) is 3.29. The van der Waals surface area contributed by atoms with E-state index in [1.54, 1.807) is 0 Å². The molecular weight excluding hydrogens is 418 g/mol. The van der Waals surface area contributed by atoms with Crippen molar-refractivity contribution in [3.63, 3.8) is 0 Å². The van der Waals surface area contributed by atoms with E-state index in [4.69, 9.17) is 4.74 Å². The number of benzene rings is 1. The summed E-state index contributed by atoms with van der Waals surface area (Å²) < 4.78 is 6.14. The third kappa shape index (κ3) is 2.06. The van der Waals surface area contributed by atoms with E-state index >= 15 is 0 Å². The first-order valence-corrected chi connectivity index (χ1v) is 12.0. The topological polar surface area (TPSA) is 86.1 Å². The normalized spacial score (nSPS) is 40.2. The molecule has 2 spiro atoms. The summed E-state index contributed by atoms with van der Waals surface area (Å²) >= 11 is 0. The number of ether oxygens (including phenoxy) is 1. The Morgan fingerprint density at radius 2 is 2.00 bits per heavy atom. The molecule has 0 saturated carbocycles. The van der Waals surface area contributed by atoms with Crippen LogP contribution < -0.4 is 15.1 Å². The Kier molecular flexibility index (Phi) is 3.32. The van der Waals surface area contributed by atoms with Crippen LogP contribution in [0.25, 0.3) is 11.6 Å². The van der Waals surface area contributed by atoms with E-state index in [0.29, 0.717) is 30.8 Å². The van der Waals surface area contributed by atoms with Crippen LogP contribution in [-0.2, 0) is 9.59 Å². The molecule has 1 aliphatic carbocycles. The van der Waals surface area contributed by atoms with Crippen LogP contribution in [0.4, 0.5) is 5.69 Å². The second-order valence-corrected chi connectivity index (χ2v) is 11.8. The lowest BCUT2D eigenvalue weighted by Gasteiger charge is -2.64. The van der Waals surface area contributed by atoms with Crippen molar-refractivity contribution in [2.24, 2.45) is 11.3 Å². The SMILES string of the molecule is CC1(C)C=Cc2c(ccc3c2[NH+]([O-])C2C3=CC34NC(=O)C5(CCCN5C3=O)CC4C2(C)C)O1. The highest BCUT2D eigenvalue weighted by atomic mass is 16.5. The maximum absolute atomic E-state index is 14.0. The minimum absolute atomic E-state index is 0.00119. The Hall–Kier alpha value is -2.64. The zero-order valence-electron chi connectivity index (χ0n) is 19.5. The predicted molar refractivity (Wildman–Crippen MR) is 122 cm³/mol. The minimum Gasteiger partial charge on any atom is -0.628 e. The van der Waals surface area contributed by atoms with Crippen LogP contribution in [0.15, 0.2) is 24.3 Å². The zero-order valence-corrected chi connectivity index (χ0v) is 19.5. The van der Waals surface area contributed by atoms with Gasteiger partial charge in [0.1, 0.15) is 28.5 Å². The summed E-state index contributed by atoms with van der Waals surface area (Å²) in [6.07, 6.45) is 8.10. The van der Waals surface area contributed by atoms with Gasteiger partial charge in [-0.25, -0.2) is 0 Å². The number of hydroxylamine groups is 1. The van der Waals surface area contributed by atoms with Crippen molar-refractivity contribution in [1.82, 2.24) is 10.2 Å². The molecule has 7 heteroatoms. The molecule has 4 fully saturated rings. The molecular formula is C26H29N3O4. The molecule has 7 nitrogen and oxygen atoms in total. The predicted octanol–water partition coefficient (Wildman–Crippen LogP) is 1.94. The monoisotopic (exact) mass is 447 g/mol. The molecule has 33 heavy (non-hydrogen) atoms. The summed E-state index contributed by atoms with van der Waals surface area (Å²) in [6, 6.07) is 3.55. The number of nitrogens with one attached hydrogen (secondary N) is 2.